The lowest BCUT2D eigenvalue weighted by Gasteiger charge is -2.19. The minimum absolute atomic E-state index is 0.271. The number of aryl methyl sites for hydroxylation is 1. The van der Waals surface area contributed by atoms with Crippen LogP contribution in [0.4, 0.5) is 0 Å². The summed E-state index contributed by atoms with van der Waals surface area (Å²) in [5, 5.41) is 0. The third-order valence-electron chi connectivity index (χ3n) is 2.19. The van der Waals surface area contributed by atoms with Crippen LogP contribution >= 0.6 is 22.9 Å². The molecule has 17 heavy (non-hydrogen) atoms. The van der Waals surface area contributed by atoms with Crippen LogP contribution < -0.4 is 0 Å². The van der Waals surface area contributed by atoms with Gasteiger partial charge in [0.15, 0.2) is 0 Å². The molecule has 1 aromatic heterocycles. The Morgan fingerprint density at radius 3 is 2.59 bits per heavy atom. The van der Waals surface area contributed by atoms with Crippen molar-refractivity contribution in [1.82, 2.24) is 4.31 Å². The molecule has 0 atom stereocenters. The molecule has 1 rings (SSSR count). The molecule has 0 aliphatic carbocycles. The summed E-state index contributed by atoms with van der Waals surface area (Å²) in [5.41, 5.74) is 0. The maximum Gasteiger partial charge on any atom is 0.252 e. The lowest BCUT2D eigenvalue weighted by molar-refractivity contribution is 0.180. The number of sulfonamides is 1. The van der Waals surface area contributed by atoms with Gasteiger partial charge in [-0.05, 0) is 19.1 Å². The van der Waals surface area contributed by atoms with Crippen molar-refractivity contribution >= 4 is 33.0 Å². The van der Waals surface area contributed by atoms with Crippen LogP contribution in [0.3, 0.4) is 0 Å². The van der Waals surface area contributed by atoms with Crippen molar-refractivity contribution < 1.29 is 13.2 Å². The van der Waals surface area contributed by atoms with Crippen LogP contribution in [0.5, 0.6) is 0 Å². The quantitative estimate of drug-likeness (QED) is 0.723. The summed E-state index contributed by atoms with van der Waals surface area (Å²) >= 11 is 6.90. The molecule has 0 spiro atoms. The predicted octanol–water partition coefficient (Wildman–Crippen LogP) is 1.93. The third-order valence-corrected chi connectivity index (χ3v) is 5.72. The van der Waals surface area contributed by atoms with Gasteiger partial charge in [0.05, 0.1) is 6.61 Å². The van der Waals surface area contributed by atoms with E-state index in [1.54, 1.807) is 19.2 Å². The van der Waals surface area contributed by atoms with E-state index in [0.29, 0.717) is 23.9 Å². The molecule has 7 heteroatoms. The molecule has 0 fully saturated rings. The van der Waals surface area contributed by atoms with E-state index in [4.69, 9.17) is 16.3 Å². The Morgan fingerprint density at radius 2 is 2.12 bits per heavy atom. The van der Waals surface area contributed by atoms with Gasteiger partial charge in [-0.3, -0.25) is 0 Å². The van der Waals surface area contributed by atoms with Crippen molar-refractivity contribution in [3.8, 4) is 0 Å². The van der Waals surface area contributed by atoms with Crippen LogP contribution in [0.1, 0.15) is 4.88 Å². The number of alkyl halides is 1. The lowest BCUT2D eigenvalue weighted by Crippen LogP contribution is -2.35. The molecule has 0 aromatic carbocycles. The highest BCUT2D eigenvalue weighted by atomic mass is 35.5. The van der Waals surface area contributed by atoms with Gasteiger partial charge in [-0.15, -0.1) is 22.9 Å². The summed E-state index contributed by atoms with van der Waals surface area (Å²) < 4.78 is 31.1. The topological polar surface area (TPSA) is 46.6 Å². The first-order valence-corrected chi connectivity index (χ1v) is 7.93. The molecular weight excluding hydrogens is 282 g/mol. The Morgan fingerprint density at radius 1 is 1.41 bits per heavy atom. The molecule has 0 amide bonds. The second-order valence-corrected chi connectivity index (χ2v) is 7.28. The van der Waals surface area contributed by atoms with Gasteiger partial charge >= 0.3 is 0 Å². The molecule has 0 N–H and O–H groups in total. The zero-order valence-corrected chi connectivity index (χ0v) is 12.2. The molecule has 0 saturated carbocycles. The van der Waals surface area contributed by atoms with E-state index in [-0.39, 0.29) is 5.88 Å². The fourth-order valence-electron chi connectivity index (χ4n) is 1.32. The summed E-state index contributed by atoms with van der Waals surface area (Å²) in [6, 6.07) is 3.43. The average Bonchev–Trinajstić information content (AvgIpc) is 2.71. The number of hydrogen-bond donors (Lipinski definition) is 0. The monoisotopic (exact) mass is 297 g/mol. The minimum Gasteiger partial charge on any atom is -0.383 e. The molecule has 0 unspecified atom stereocenters. The fourth-order valence-corrected chi connectivity index (χ4v) is 4.48. The van der Waals surface area contributed by atoms with Crippen LogP contribution in [0.25, 0.3) is 0 Å². The highest BCUT2D eigenvalue weighted by Crippen LogP contribution is 2.24. The van der Waals surface area contributed by atoms with E-state index >= 15 is 0 Å². The Hall–Kier alpha value is -0.140. The second kappa shape index (κ2) is 6.70. The number of methoxy groups -OCH3 is 1. The maximum atomic E-state index is 12.3. The van der Waals surface area contributed by atoms with E-state index in [0.717, 1.165) is 4.88 Å². The van der Waals surface area contributed by atoms with E-state index in [9.17, 15) is 8.42 Å². The minimum atomic E-state index is -3.43. The number of hydrogen-bond acceptors (Lipinski definition) is 4. The van der Waals surface area contributed by atoms with Crippen LogP contribution in [-0.4, -0.2) is 45.4 Å². The van der Waals surface area contributed by atoms with Gasteiger partial charge < -0.3 is 4.74 Å². The largest absolute Gasteiger partial charge is 0.383 e. The van der Waals surface area contributed by atoms with Crippen LogP contribution in [0.15, 0.2) is 16.3 Å². The summed E-state index contributed by atoms with van der Waals surface area (Å²) in [4.78, 5) is 0.973. The van der Waals surface area contributed by atoms with Crippen molar-refractivity contribution in [3.63, 3.8) is 0 Å². The number of thiophene rings is 1. The Bertz CT molecular complexity index is 444. The molecule has 0 radical (unpaired) electrons. The highest BCUT2D eigenvalue weighted by Gasteiger charge is 2.24. The van der Waals surface area contributed by atoms with Gasteiger partial charge in [0.25, 0.3) is 10.0 Å². The van der Waals surface area contributed by atoms with Gasteiger partial charge in [0.2, 0.25) is 0 Å². The number of nitrogens with zero attached hydrogens (tertiary/aromatic N) is 1. The summed E-state index contributed by atoms with van der Waals surface area (Å²) in [6.07, 6.45) is 0. The van der Waals surface area contributed by atoms with Crippen molar-refractivity contribution in [2.45, 2.75) is 11.1 Å². The van der Waals surface area contributed by atoms with E-state index in [1.807, 2.05) is 6.92 Å². The average molecular weight is 298 g/mol. The van der Waals surface area contributed by atoms with Gasteiger partial charge in [-0.25, -0.2) is 8.42 Å². The van der Waals surface area contributed by atoms with Crippen molar-refractivity contribution in [2.75, 3.05) is 32.7 Å². The summed E-state index contributed by atoms with van der Waals surface area (Å²) in [7, 11) is -1.88. The molecule has 1 heterocycles. The highest BCUT2D eigenvalue weighted by molar-refractivity contribution is 7.91. The van der Waals surface area contributed by atoms with Crippen LogP contribution in [0.2, 0.25) is 0 Å². The fraction of sp³-hybridized carbons (Fsp3) is 0.600. The maximum absolute atomic E-state index is 12.3. The van der Waals surface area contributed by atoms with Crippen LogP contribution in [0, 0.1) is 6.92 Å². The van der Waals surface area contributed by atoms with Crippen LogP contribution in [-0.2, 0) is 14.8 Å². The normalized spacial score (nSPS) is 12.2. The first-order chi connectivity index (χ1) is 8.02. The number of rotatable bonds is 7. The zero-order valence-electron chi connectivity index (χ0n) is 9.85. The Kier molecular flexibility index (Phi) is 5.88. The smallest absolute Gasteiger partial charge is 0.252 e. The standard InChI is InChI=1S/C10H16ClNO3S2/c1-9-3-4-10(16-9)17(13,14)12(6-5-11)7-8-15-2/h3-4H,5-8H2,1-2H3. The molecule has 0 saturated heterocycles. The van der Waals surface area contributed by atoms with Crippen molar-refractivity contribution in [1.29, 1.82) is 0 Å². The van der Waals surface area contributed by atoms with Gasteiger partial charge in [-0.1, -0.05) is 0 Å². The van der Waals surface area contributed by atoms with Crippen molar-refractivity contribution in [3.05, 3.63) is 17.0 Å². The summed E-state index contributed by atoms with van der Waals surface area (Å²) in [5.74, 6) is 0.271. The predicted molar refractivity (Wildman–Crippen MR) is 70.4 cm³/mol. The van der Waals surface area contributed by atoms with E-state index < -0.39 is 10.0 Å². The molecule has 0 aliphatic heterocycles. The van der Waals surface area contributed by atoms with E-state index in [2.05, 4.69) is 0 Å². The van der Waals surface area contributed by atoms with E-state index in [1.165, 1.54) is 15.6 Å². The first-order valence-electron chi connectivity index (χ1n) is 5.14. The van der Waals surface area contributed by atoms with Gasteiger partial charge in [-0.2, -0.15) is 4.31 Å². The van der Waals surface area contributed by atoms with Crippen molar-refractivity contribution in [2.24, 2.45) is 0 Å². The first kappa shape index (κ1) is 14.9. The Labute approximate surface area is 111 Å². The SMILES string of the molecule is COCCN(CCCl)S(=O)(=O)c1ccc(C)s1. The number of ether oxygens (including phenoxy) is 1. The van der Waals surface area contributed by atoms with Gasteiger partial charge in [0.1, 0.15) is 4.21 Å². The lowest BCUT2D eigenvalue weighted by atomic mass is 10.5. The molecule has 1 aromatic rings. The molecule has 0 aliphatic rings. The summed E-state index contributed by atoms with van der Waals surface area (Å²) in [6.45, 7) is 2.86. The molecule has 0 bridgehead atoms. The molecule has 4 nitrogen and oxygen atoms in total. The zero-order chi connectivity index (χ0) is 12.9. The second-order valence-electron chi connectivity index (χ2n) is 3.45. The molecule has 98 valence electrons. The van der Waals surface area contributed by atoms with Gasteiger partial charge in [0, 0.05) is 31.0 Å². The molecular formula is C10H16ClNO3S2. The third kappa shape index (κ3) is 3.93. The number of halogens is 1. The Balaban J connectivity index is 2.91.